The van der Waals surface area contributed by atoms with Gasteiger partial charge in [0.25, 0.3) is 18.2 Å². The molecule has 2 aromatic rings. The number of rotatable bonds is 9. The van der Waals surface area contributed by atoms with Crippen LogP contribution in [0, 0.1) is 0 Å². The van der Waals surface area contributed by atoms with E-state index in [2.05, 4.69) is 27.1 Å². The van der Waals surface area contributed by atoms with Crippen LogP contribution in [0.25, 0.3) is 5.57 Å². The lowest BCUT2D eigenvalue weighted by molar-refractivity contribution is -0.135. The van der Waals surface area contributed by atoms with Gasteiger partial charge in [0.15, 0.2) is 5.60 Å². The summed E-state index contributed by atoms with van der Waals surface area (Å²) < 4.78 is 30.8. The fraction of sp³-hybridized carbons (Fsp3) is 0.464. The Bertz CT molecular complexity index is 1240. The number of nitrogens with zero attached hydrogens (tertiary/aromatic N) is 2. The molecule has 0 spiro atoms. The van der Waals surface area contributed by atoms with Gasteiger partial charge in [-0.05, 0) is 81.9 Å². The molecule has 2 N–H and O–H groups in total. The third kappa shape index (κ3) is 6.64. The first kappa shape index (κ1) is 29.1. The molecule has 39 heavy (non-hydrogen) atoms. The minimum atomic E-state index is -2.61. The van der Waals surface area contributed by atoms with Gasteiger partial charge in [0.05, 0.1) is 17.1 Å². The molecule has 2 aliphatic rings. The predicted molar refractivity (Wildman–Crippen MR) is 149 cm³/mol. The number of ether oxygens (including phenoxy) is 1. The molecule has 0 saturated carbocycles. The molecular weight excluding hydrogens is 549 g/mol. The molecule has 0 aliphatic carbocycles. The minimum Gasteiger partial charge on any atom is -0.476 e. The highest BCUT2D eigenvalue weighted by atomic mass is 35.5. The van der Waals surface area contributed by atoms with E-state index in [4.69, 9.17) is 27.9 Å². The first-order valence-corrected chi connectivity index (χ1v) is 13.6. The molecule has 1 aromatic heterocycles. The van der Waals surface area contributed by atoms with Gasteiger partial charge in [-0.2, -0.15) is 0 Å². The van der Waals surface area contributed by atoms with Gasteiger partial charge in [0.2, 0.25) is 0 Å². The quantitative estimate of drug-likeness (QED) is 0.386. The van der Waals surface area contributed by atoms with Crippen molar-refractivity contribution in [1.29, 1.82) is 0 Å². The summed E-state index contributed by atoms with van der Waals surface area (Å²) in [6, 6.07) is 6.92. The molecular formula is C28H32Cl2F2N4O3. The van der Waals surface area contributed by atoms with E-state index in [1.807, 2.05) is 6.92 Å². The Morgan fingerprint density at radius 1 is 1.18 bits per heavy atom. The molecule has 2 amide bonds. The zero-order valence-corrected chi connectivity index (χ0v) is 23.6. The van der Waals surface area contributed by atoms with Crippen LogP contribution in [0.5, 0.6) is 5.75 Å². The summed E-state index contributed by atoms with van der Waals surface area (Å²) >= 11 is 12.6. The monoisotopic (exact) mass is 580 g/mol. The molecule has 11 heteroatoms. The maximum absolute atomic E-state index is 13.3. The highest BCUT2D eigenvalue weighted by Crippen LogP contribution is 2.39. The average Bonchev–Trinajstić information content (AvgIpc) is 3.13. The zero-order chi connectivity index (χ0) is 28.5. The molecule has 2 bridgehead atoms. The number of benzene rings is 1. The van der Waals surface area contributed by atoms with Gasteiger partial charge in [-0.25, -0.2) is 13.8 Å². The number of fused-ring (bicyclic) bond motifs is 2. The van der Waals surface area contributed by atoms with Gasteiger partial charge in [-0.3, -0.25) is 9.59 Å². The lowest BCUT2D eigenvalue weighted by Gasteiger charge is -2.40. The van der Waals surface area contributed by atoms with E-state index in [1.54, 1.807) is 38.1 Å². The van der Waals surface area contributed by atoms with Crippen molar-refractivity contribution in [1.82, 2.24) is 15.6 Å². The number of amides is 2. The van der Waals surface area contributed by atoms with E-state index in [9.17, 15) is 18.4 Å². The number of nitrogens with one attached hydrogen (secondary N) is 2. The second-order valence-corrected chi connectivity index (χ2v) is 11.4. The van der Waals surface area contributed by atoms with Crippen LogP contribution in [0.4, 0.5) is 14.6 Å². The number of hydrogen-bond donors (Lipinski definition) is 2. The minimum absolute atomic E-state index is 0.0415. The third-order valence-electron chi connectivity index (χ3n) is 7.15. The molecule has 2 fully saturated rings. The number of halogens is 4. The SMILES string of the molecule is C=C(C)c1cc(OC(C)(C)C(=O)N[C@H]2C[C@H]3CC[C@@H](C2)N3c2ccc(C(=O)NCC(F)F)cn2)c(Cl)cc1Cl. The van der Waals surface area contributed by atoms with Gasteiger partial charge < -0.3 is 20.3 Å². The Morgan fingerprint density at radius 2 is 1.85 bits per heavy atom. The molecule has 0 unspecified atom stereocenters. The van der Waals surface area contributed by atoms with Crippen LogP contribution in [0.3, 0.4) is 0 Å². The normalized spacial score (nSPS) is 20.6. The second-order valence-electron chi connectivity index (χ2n) is 10.6. The van der Waals surface area contributed by atoms with Crippen molar-refractivity contribution >= 4 is 46.4 Å². The van der Waals surface area contributed by atoms with Crippen molar-refractivity contribution in [2.24, 2.45) is 0 Å². The van der Waals surface area contributed by atoms with Crippen molar-refractivity contribution < 1.29 is 23.1 Å². The van der Waals surface area contributed by atoms with Crippen LogP contribution in [-0.2, 0) is 4.79 Å². The topological polar surface area (TPSA) is 83.6 Å². The van der Waals surface area contributed by atoms with Crippen LogP contribution in [0.1, 0.15) is 62.4 Å². The highest BCUT2D eigenvalue weighted by Gasteiger charge is 2.43. The van der Waals surface area contributed by atoms with E-state index in [-0.39, 0.29) is 29.6 Å². The van der Waals surface area contributed by atoms with E-state index in [0.717, 1.165) is 37.1 Å². The van der Waals surface area contributed by atoms with Crippen LogP contribution in [0.2, 0.25) is 10.0 Å². The Kier molecular flexibility index (Phi) is 8.71. The number of anilines is 1. The summed E-state index contributed by atoms with van der Waals surface area (Å²) in [5.74, 6) is 0.249. The summed E-state index contributed by atoms with van der Waals surface area (Å²) in [6.07, 6.45) is 2.18. The Hall–Kier alpha value is -2.91. The number of piperidine rings is 1. The molecule has 7 nitrogen and oxygen atoms in total. The number of carbonyl (C=O) groups is 2. The highest BCUT2D eigenvalue weighted by molar-refractivity contribution is 6.36. The summed E-state index contributed by atoms with van der Waals surface area (Å²) in [6.45, 7) is 8.44. The van der Waals surface area contributed by atoms with Crippen LogP contribution in [0.15, 0.2) is 37.0 Å². The maximum Gasteiger partial charge on any atom is 0.263 e. The second kappa shape index (κ2) is 11.7. The Balaban J connectivity index is 1.38. The molecule has 1 aromatic carbocycles. The largest absolute Gasteiger partial charge is 0.476 e. The van der Waals surface area contributed by atoms with Gasteiger partial charge in [-0.15, -0.1) is 0 Å². The molecule has 2 aliphatic heterocycles. The number of carbonyl (C=O) groups excluding carboxylic acids is 2. The average molecular weight is 581 g/mol. The predicted octanol–water partition coefficient (Wildman–Crippen LogP) is 5.89. The maximum atomic E-state index is 13.3. The van der Waals surface area contributed by atoms with Crippen molar-refractivity contribution in [3.63, 3.8) is 0 Å². The number of pyridine rings is 1. The smallest absolute Gasteiger partial charge is 0.263 e. The van der Waals surface area contributed by atoms with Crippen LogP contribution < -0.4 is 20.3 Å². The fourth-order valence-electron chi connectivity index (χ4n) is 5.23. The fourth-order valence-corrected chi connectivity index (χ4v) is 5.81. The molecule has 3 heterocycles. The van der Waals surface area contributed by atoms with Crippen molar-refractivity contribution in [3.8, 4) is 5.75 Å². The number of alkyl halides is 2. The Morgan fingerprint density at radius 3 is 2.41 bits per heavy atom. The molecule has 3 atom stereocenters. The number of hydrogen-bond acceptors (Lipinski definition) is 5. The molecule has 210 valence electrons. The van der Waals surface area contributed by atoms with Gasteiger partial charge in [0.1, 0.15) is 11.6 Å². The summed E-state index contributed by atoms with van der Waals surface area (Å²) in [4.78, 5) is 32.0. The van der Waals surface area contributed by atoms with Crippen LogP contribution in [-0.4, -0.2) is 53.5 Å². The van der Waals surface area contributed by atoms with E-state index in [0.29, 0.717) is 21.4 Å². The van der Waals surface area contributed by atoms with Crippen LogP contribution >= 0.6 is 23.2 Å². The summed E-state index contributed by atoms with van der Waals surface area (Å²) in [7, 11) is 0. The summed E-state index contributed by atoms with van der Waals surface area (Å²) in [5.41, 5.74) is 0.492. The summed E-state index contributed by atoms with van der Waals surface area (Å²) in [5, 5.41) is 6.11. The van der Waals surface area contributed by atoms with E-state index in [1.165, 1.54) is 6.20 Å². The van der Waals surface area contributed by atoms with Gasteiger partial charge in [-0.1, -0.05) is 29.8 Å². The number of allylic oxidation sites excluding steroid dienone is 1. The van der Waals surface area contributed by atoms with E-state index >= 15 is 0 Å². The van der Waals surface area contributed by atoms with Gasteiger partial charge in [0, 0.05) is 29.3 Å². The third-order valence-corrected chi connectivity index (χ3v) is 7.76. The standard InChI is InChI=1S/C28H32Cl2F2N4O3/c1-15(2)20-11-23(22(30)12-21(20)29)39-28(3,4)27(38)35-17-9-18-6-7-19(10-17)36(18)25-8-5-16(13-33-25)26(37)34-14-24(31)32/h5,8,11-13,17-19,24H,1,6-7,9-10,14H2,2-4H3,(H,34,37)(H,35,38)/t17-,18+,19-. The first-order chi connectivity index (χ1) is 18.4. The first-order valence-electron chi connectivity index (χ1n) is 12.8. The van der Waals surface area contributed by atoms with Crippen molar-refractivity contribution in [2.45, 2.75) is 76.6 Å². The van der Waals surface area contributed by atoms with Crippen molar-refractivity contribution in [3.05, 3.63) is 58.2 Å². The Labute approximate surface area is 236 Å². The lowest BCUT2D eigenvalue weighted by atomic mass is 9.96. The molecule has 0 radical (unpaired) electrons. The number of aromatic nitrogens is 1. The molecule has 2 saturated heterocycles. The van der Waals surface area contributed by atoms with Gasteiger partial charge >= 0.3 is 0 Å². The van der Waals surface area contributed by atoms with Crippen molar-refractivity contribution in [2.75, 3.05) is 11.4 Å². The zero-order valence-electron chi connectivity index (χ0n) is 22.1. The lowest BCUT2D eigenvalue weighted by Crippen LogP contribution is -2.55. The molecule has 4 rings (SSSR count). The van der Waals surface area contributed by atoms with E-state index < -0.39 is 24.5 Å².